The summed E-state index contributed by atoms with van der Waals surface area (Å²) in [5, 5.41) is 1.60. The summed E-state index contributed by atoms with van der Waals surface area (Å²) in [6.07, 6.45) is 5.06. The summed E-state index contributed by atoms with van der Waals surface area (Å²) in [5.41, 5.74) is 6.95. The Morgan fingerprint density at radius 1 is 1.29 bits per heavy atom. The van der Waals surface area contributed by atoms with Gasteiger partial charge in [0.05, 0.1) is 11.6 Å². The molecule has 9 heteroatoms. The van der Waals surface area contributed by atoms with E-state index in [2.05, 4.69) is 9.97 Å². The van der Waals surface area contributed by atoms with E-state index < -0.39 is 13.3 Å². The van der Waals surface area contributed by atoms with Crippen molar-refractivity contribution < 1.29 is 13.9 Å². The first-order chi connectivity index (χ1) is 13.4. The van der Waals surface area contributed by atoms with Gasteiger partial charge >= 0.3 is 0 Å². The van der Waals surface area contributed by atoms with Gasteiger partial charge in [0.25, 0.3) is 13.3 Å². The van der Waals surface area contributed by atoms with E-state index >= 15 is 0 Å². The lowest BCUT2D eigenvalue weighted by Gasteiger charge is -2.18. The molecule has 4 aromatic rings. The summed E-state index contributed by atoms with van der Waals surface area (Å²) in [6, 6.07) is 12.1. The van der Waals surface area contributed by atoms with Gasteiger partial charge in [0.15, 0.2) is 0 Å². The minimum atomic E-state index is -3.67. The highest BCUT2D eigenvalue weighted by Crippen LogP contribution is 2.47. The van der Waals surface area contributed by atoms with E-state index in [-0.39, 0.29) is 11.0 Å². The van der Waals surface area contributed by atoms with Crippen LogP contribution in [0.2, 0.25) is 5.02 Å². The zero-order valence-corrected chi connectivity index (χ0v) is 16.4. The van der Waals surface area contributed by atoms with Gasteiger partial charge in [-0.3, -0.25) is 9.36 Å². The number of benzene rings is 2. The summed E-state index contributed by atoms with van der Waals surface area (Å²) in [7, 11) is -2.32. The number of H-pyrrole nitrogens is 1. The van der Waals surface area contributed by atoms with Crippen LogP contribution in [0.15, 0.2) is 61.2 Å². The number of aromatic nitrogens is 3. The Kier molecular flexibility index (Phi) is 4.59. The Balaban J connectivity index is 2.00. The molecule has 0 aliphatic rings. The predicted octanol–water partition coefficient (Wildman–Crippen LogP) is 2.98. The third-order valence-electron chi connectivity index (χ3n) is 4.50. The molecule has 0 spiro atoms. The number of hydrogen-bond donors (Lipinski definition) is 2. The molecule has 0 aliphatic heterocycles. The Morgan fingerprint density at radius 3 is 2.79 bits per heavy atom. The molecule has 0 saturated carbocycles. The van der Waals surface area contributed by atoms with Crippen LogP contribution in [0, 0.1) is 0 Å². The van der Waals surface area contributed by atoms with Crippen molar-refractivity contribution in [3.8, 4) is 5.69 Å². The number of imidazole rings is 1. The zero-order valence-electron chi connectivity index (χ0n) is 14.8. The van der Waals surface area contributed by atoms with E-state index in [4.69, 9.17) is 21.9 Å². The molecule has 3 N–H and O–H groups in total. The predicted molar refractivity (Wildman–Crippen MR) is 109 cm³/mol. The van der Waals surface area contributed by atoms with E-state index in [9.17, 15) is 9.36 Å². The average molecular weight is 415 g/mol. The Bertz CT molecular complexity index is 1230. The van der Waals surface area contributed by atoms with E-state index in [0.29, 0.717) is 21.2 Å². The fourth-order valence-electron chi connectivity index (χ4n) is 3.21. The van der Waals surface area contributed by atoms with Crippen LogP contribution < -0.4 is 16.3 Å². The number of carbonyl (C=O) groups is 1. The molecule has 0 radical (unpaired) electrons. The second-order valence-corrected chi connectivity index (χ2v) is 8.99. The highest BCUT2D eigenvalue weighted by Gasteiger charge is 2.35. The van der Waals surface area contributed by atoms with Crippen molar-refractivity contribution >= 4 is 46.4 Å². The van der Waals surface area contributed by atoms with Crippen LogP contribution in [0.25, 0.3) is 16.6 Å². The van der Waals surface area contributed by atoms with Gasteiger partial charge in [-0.1, -0.05) is 17.7 Å². The molecule has 0 fully saturated rings. The molecule has 28 heavy (non-hydrogen) atoms. The molecule has 7 nitrogen and oxygen atoms in total. The van der Waals surface area contributed by atoms with Crippen molar-refractivity contribution in [3.05, 3.63) is 71.9 Å². The van der Waals surface area contributed by atoms with Crippen LogP contribution >= 0.6 is 19.0 Å². The molecule has 4 rings (SSSR count). The normalized spacial score (nSPS) is 13.5. The first kappa shape index (κ1) is 18.5. The van der Waals surface area contributed by atoms with E-state index in [1.807, 2.05) is 6.07 Å². The van der Waals surface area contributed by atoms with E-state index in [1.165, 1.54) is 7.11 Å². The number of nitrogens with one attached hydrogen (secondary N) is 1. The summed E-state index contributed by atoms with van der Waals surface area (Å²) in [6.45, 7) is 0. The van der Waals surface area contributed by atoms with Crippen molar-refractivity contribution in [1.82, 2.24) is 14.5 Å². The molecule has 0 saturated heterocycles. The lowest BCUT2D eigenvalue weighted by molar-refractivity contribution is 0.0997. The van der Waals surface area contributed by atoms with Crippen LogP contribution in [0.4, 0.5) is 0 Å². The van der Waals surface area contributed by atoms with Crippen molar-refractivity contribution in [2.75, 3.05) is 7.11 Å². The highest BCUT2D eigenvalue weighted by molar-refractivity contribution is 7.75. The fourth-order valence-corrected chi connectivity index (χ4v) is 5.58. The van der Waals surface area contributed by atoms with Gasteiger partial charge in [-0.05, 0) is 36.4 Å². The lowest BCUT2D eigenvalue weighted by atomic mass is 10.2. The van der Waals surface area contributed by atoms with Crippen LogP contribution in [0.5, 0.6) is 0 Å². The van der Waals surface area contributed by atoms with Gasteiger partial charge < -0.3 is 19.8 Å². The van der Waals surface area contributed by atoms with Crippen LogP contribution in [-0.2, 0) is 9.09 Å². The zero-order chi connectivity index (χ0) is 19.9. The largest absolute Gasteiger partial charge is 0.364 e. The molecule has 1 atom stereocenters. The molecule has 1 amide bonds. The SMILES string of the molecule is COP(=O)(c1cccc(-n2ccnc2)c1)c1c(C(N)=O)[nH]c2ccc(Cl)cc12. The molecule has 2 heterocycles. The first-order valence-electron chi connectivity index (χ1n) is 8.30. The number of halogens is 1. The number of rotatable bonds is 5. The number of nitrogens with two attached hydrogens (primary N) is 1. The van der Waals surface area contributed by atoms with Gasteiger partial charge in [0, 0.05) is 46.4 Å². The average Bonchev–Trinajstić information content (AvgIpc) is 3.35. The quantitative estimate of drug-likeness (QED) is 0.490. The molecule has 142 valence electrons. The minimum Gasteiger partial charge on any atom is -0.364 e. The number of amides is 1. The Hall–Kier alpha value is -2.86. The number of hydrogen-bond acceptors (Lipinski definition) is 4. The highest BCUT2D eigenvalue weighted by atomic mass is 35.5. The van der Waals surface area contributed by atoms with Crippen LogP contribution in [-0.4, -0.2) is 27.6 Å². The van der Waals surface area contributed by atoms with E-state index in [0.717, 1.165) is 5.69 Å². The molecular weight excluding hydrogens is 399 g/mol. The van der Waals surface area contributed by atoms with Crippen molar-refractivity contribution in [2.24, 2.45) is 5.73 Å². The summed E-state index contributed by atoms with van der Waals surface area (Å²) in [4.78, 5) is 19.1. The number of nitrogens with zero attached hydrogens (tertiary/aromatic N) is 2. The standard InChI is InChI=1S/C19H16ClN4O3P/c1-27-28(26,14-4-2-3-13(10-14)24-8-7-22-11-24)18-15-9-12(20)5-6-16(15)23-17(18)19(21)25/h2-11,23H,1H3,(H2,21,25). The van der Waals surface area contributed by atoms with Crippen LogP contribution in [0.3, 0.4) is 0 Å². The third-order valence-corrected chi connectivity index (χ3v) is 7.26. The monoisotopic (exact) mass is 414 g/mol. The molecular formula is C19H16ClN4O3P. The van der Waals surface area contributed by atoms with Crippen LogP contribution in [0.1, 0.15) is 10.5 Å². The maximum absolute atomic E-state index is 14.1. The van der Waals surface area contributed by atoms with Gasteiger partial charge in [0.2, 0.25) is 0 Å². The maximum atomic E-state index is 14.1. The van der Waals surface area contributed by atoms with E-state index in [1.54, 1.807) is 59.7 Å². The molecule has 0 aliphatic carbocycles. The van der Waals surface area contributed by atoms with Crippen molar-refractivity contribution in [3.63, 3.8) is 0 Å². The third kappa shape index (κ3) is 2.94. The number of fused-ring (bicyclic) bond motifs is 1. The maximum Gasteiger partial charge on any atom is 0.266 e. The number of primary amides is 1. The number of carbonyl (C=O) groups excluding carboxylic acids is 1. The van der Waals surface area contributed by atoms with Crippen molar-refractivity contribution in [1.29, 1.82) is 0 Å². The molecule has 1 unspecified atom stereocenters. The second-order valence-electron chi connectivity index (χ2n) is 6.13. The first-order valence-corrected chi connectivity index (χ1v) is 10.3. The molecule has 2 aromatic carbocycles. The summed E-state index contributed by atoms with van der Waals surface area (Å²) in [5.74, 6) is -0.731. The summed E-state index contributed by atoms with van der Waals surface area (Å²) < 4.78 is 21.4. The second kappa shape index (κ2) is 6.95. The van der Waals surface area contributed by atoms with Gasteiger partial charge in [-0.2, -0.15) is 0 Å². The Morgan fingerprint density at radius 2 is 2.11 bits per heavy atom. The van der Waals surface area contributed by atoms with Crippen molar-refractivity contribution in [2.45, 2.75) is 0 Å². The number of aromatic amines is 1. The lowest BCUT2D eigenvalue weighted by Crippen LogP contribution is -2.26. The van der Waals surface area contributed by atoms with Gasteiger partial charge in [-0.15, -0.1) is 0 Å². The van der Waals surface area contributed by atoms with Gasteiger partial charge in [0.1, 0.15) is 5.69 Å². The fraction of sp³-hybridized carbons (Fsp3) is 0.0526. The minimum absolute atomic E-state index is 0.0375. The topological polar surface area (TPSA) is 103 Å². The smallest absolute Gasteiger partial charge is 0.266 e. The molecule has 2 aromatic heterocycles. The Labute approximate surface area is 165 Å². The van der Waals surface area contributed by atoms with Gasteiger partial charge in [-0.25, -0.2) is 4.98 Å². The molecule has 0 bridgehead atoms. The summed E-state index contributed by atoms with van der Waals surface area (Å²) >= 11 is 6.14.